The number of nitrogen functional groups attached to an aromatic ring is 1. The standard InChI is InChI=1S/C15H25N3O2/c1-2-3-9-18(11-12-19)10-8-15(20)17-14-7-5-4-6-13(14)16/h4-7,19H,2-3,8-12,16H2,1H3,(H,17,20). The highest BCUT2D eigenvalue weighted by molar-refractivity contribution is 5.93. The minimum atomic E-state index is -0.0534. The van der Waals surface area contributed by atoms with Gasteiger partial charge in [-0.3, -0.25) is 4.79 Å². The molecule has 1 rings (SSSR count). The van der Waals surface area contributed by atoms with Gasteiger partial charge in [0.05, 0.1) is 18.0 Å². The van der Waals surface area contributed by atoms with E-state index in [0.717, 1.165) is 19.4 Å². The summed E-state index contributed by atoms with van der Waals surface area (Å²) in [5, 5.41) is 11.8. The molecule has 0 heterocycles. The third-order valence-corrected chi connectivity index (χ3v) is 3.13. The van der Waals surface area contributed by atoms with Crippen molar-refractivity contribution in [2.75, 3.05) is 37.3 Å². The average molecular weight is 279 g/mol. The van der Waals surface area contributed by atoms with Crippen LogP contribution < -0.4 is 11.1 Å². The number of nitrogens with zero attached hydrogens (tertiary/aromatic N) is 1. The van der Waals surface area contributed by atoms with Crippen molar-refractivity contribution < 1.29 is 9.90 Å². The number of hydrogen-bond donors (Lipinski definition) is 3. The Balaban J connectivity index is 2.39. The lowest BCUT2D eigenvalue weighted by Crippen LogP contribution is -2.31. The van der Waals surface area contributed by atoms with Crippen LogP contribution in [0.5, 0.6) is 0 Å². The largest absolute Gasteiger partial charge is 0.397 e. The molecule has 5 heteroatoms. The van der Waals surface area contributed by atoms with Crippen LogP contribution in [0.15, 0.2) is 24.3 Å². The van der Waals surface area contributed by atoms with E-state index in [4.69, 9.17) is 10.8 Å². The van der Waals surface area contributed by atoms with Crippen LogP contribution in [-0.4, -0.2) is 42.2 Å². The zero-order valence-corrected chi connectivity index (χ0v) is 12.1. The topological polar surface area (TPSA) is 78.6 Å². The second-order valence-electron chi connectivity index (χ2n) is 4.80. The molecule has 0 aliphatic carbocycles. The van der Waals surface area contributed by atoms with E-state index >= 15 is 0 Å². The summed E-state index contributed by atoms with van der Waals surface area (Å²) in [7, 11) is 0. The number of para-hydroxylation sites is 2. The molecule has 0 unspecified atom stereocenters. The van der Waals surface area contributed by atoms with Crippen molar-refractivity contribution in [3.63, 3.8) is 0 Å². The number of benzene rings is 1. The van der Waals surface area contributed by atoms with Crippen LogP contribution in [0.4, 0.5) is 11.4 Å². The summed E-state index contributed by atoms with van der Waals surface area (Å²) in [5.74, 6) is -0.0534. The van der Waals surface area contributed by atoms with E-state index in [1.165, 1.54) is 0 Å². The van der Waals surface area contributed by atoms with Gasteiger partial charge in [-0.1, -0.05) is 25.5 Å². The highest BCUT2D eigenvalue weighted by Crippen LogP contribution is 2.16. The molecule has 0 aliphatic heterocycles. The molecule has 4 N–H and O–H groups in total. The Kier molecular flexibility index (Phi) is 7.69. The number of carbonyl (C=O) groups excluding carboxylic acids is 1. The molecular weight excluding hydrogens is 254 g/mol. The predicted molar refractivity (Wildman–Crippen MR) is 82.5 cm³/mol. The van der Waals surface area contributed by atoms with Crippen molar-refractivity contribution in [2.45, 2.75) is 26.2 Å². The lowest BCUT2D eigenvalue weighted by atomic mass is 10.2. The molecule has 112 valence electrons. The molecule has 1 aromatic carbocycles. The highest BCUT2D eigenvalue weighted by Gasteiger charge is 2.08. The van der Waals surface area contributed by atoms with E-state index in [-0.39, 0.29) is 12.5 Å². The number of aliphatic hydroxyl groups is 1. The molecule has 0 saturated carbocycles. The van der Waals surface area contributed by atoms with Crippen LogP contribution in [0.2, 0.25) is 0 Å². The molecular formula is C15H25N3O2. The Hall–Kier alpha value is -1.59. The predicted octanol–water partition coefficient (Wildman–Crippen LogP) is 1.69. The zero-order valence-electron chi connectivity index (χ0n) is 12.1. The monoisotopic (exact) mass is 279 g/mol. The van der Waals surface area contributed by atoms with Gasteiger partial charge in [0.1, 0.15) is 0 Å². The Morgan fingerprint density at radius 3 is 2.70 bits per heavy atom. The van der Waals surface area contributed by atoms with Crippen LogP contribution in [0.3, 0.4) is 0 Å². The summed E-state index contributed by atoms with van der Waals surface area (Å²) < 4.78 is 0. The fraction of sp³-hybridized carbons (Fsp3) is 0.533. The van der Waals surface area contributed by atoms with Gasteiger partial charge in [-0.25, -0.2) is 0 Å². The lowest BCUT2D eigenvalue weighted by Gasteiger charge is -2.20. The fourth-order valence-corrected chi connectivity index (χ4v) is 1.94. The first kappa shape index (κ1) is 16.5. The van der Waals surface area contributed by atoms with Crippen LogP contribution in [0, 0.1) is 0 Å². The summed E-state index contributed by atoms with van der Waals surface area (Å²) in [5.41, 5.74) is 7.00. The first-order valence-electron chi connectivity index (χ1n) is 7.15. The van der Waals surface area contributed by atoms with Crippen molar-refractivity contribution in [1.82, 2.24) is 4.90 Å². The average Bonchev–Trinajstić information content (AvgIpc) is 2.44. The second-order valence-corrected chi connectivity index (χ2v) is 4.80. The summed E-state index contributed by atoms with van der Waals surface area (Å²) in [6, 6.07) is 7.22. The molecule has 20 heavy (non-hydrogen) atoms. The highest BCUT2D eigenvalue weighted by atomic mass is 16.3. The van der Waals surface area contributed by atoms with Gasteiger partial charge in [0, 0.05) is 19.5 Å². The number of aliphatic hydroxyl groups excluding tert-OH is 1. The van der Waals surface area contributed by atoms with E-state index in [0.29, 0.717) is 30.9 Å². The molecule has 5 nitrogen and oxygen atoms in total. The van der Waals surface area contributed by atoms with Gasteiger partial charge in [0.25, 0.3) is 0 Å². The number of hydrogen-bond acceptors (Lipinski definition) is 4. The molecule has 1 amide bonds. The van der Waals surface area contributed by atoms with E-state index in [1.54, 1.807) is 12.1 Å². The Morgan fingerprint density at radius 1 is 1.30 bits per heavy atom. The number of rotatable bonds is 9. The molecule has 0 saturated heterocycles. The van der Waals surface area contributed by atoms with E-state index in [1.807, 2.05) is 12.1 Å². The van der Waals surface area contributed by atoms with Gasteiger partial charge in [-0.15, -0.1) is 0 Å². The van der Waals surface area contributed by atoms with Gasteiger partial charge >= 0.3 is 0 Å². The number of nitrogens with one attached hydrogen (secondary N) is 1. The molecule has 0 aromatic heterocycles. The number of nitrogens with two attached hydrogens (primary N) is 1. The van der Waals surface area contributed by atoms with Crippen molar-refractivity contribution in [3.05, 3.63) is 24.3 Å². The second kappa shape index (κ2) is 9.34. The summed E-state index contributed by atoms with van der Waals surface area (Å²) in [4.78, 5) is 14.0. The number of unbranched alkanes of at least 4 members (excludes halogenated alkanes) is 1. The van der Waals surface area contributed by atoms with Crippen molar-refractivity contribution in [3.8, 4) is 0 Å². The summed E-state index contributed by atoms with van der Waals surface area (Å²) in [6.45, 7) is 4.43. The minimum Gasteiger partial charge on any atom is -0.397 e. The van der Waals surface area contributed by atoms with Crippen LogP contribution in [0.25, 0.3) is 0 Å². The van der Waals surface area contributed by atoms with Crippen molar-refractivity contribution in [1.29, 1.82) is 0 Å². The summed E-state index contributed by atoms with van der Waals surface area (Å²) >= 11 is 0. The normalized spacial score (nSPS) is 10.8. The van der Waals surface area contributed by atoms with Gasteiger partial charge in [-0.2, -0.15) is 0 Å². The van der Waals surface area contributed by atoms with Gasteiger partial charge in [0.15, 0.2) is 0 Å². The number of anilines is 2. The van der Waals surface area contributed by atoms with Gasteiger partial charge < -0.3 is 21.1 Å². The molecule has 0 fully saturated rings. The zero-order chi connectivity index (χ0) is 14.8. The van der Waals surface area contributed by atoms with Crippen LogP contribution in [0.1, 0.15) is 26.2 Å². The molecule has 0 radical (unpaired) electrons. The maximum absolute atomic E-state index is 11.9. The molecule has 0 spiro atoms. The smallest absolute Gasteiger partial charge is 0.225 e. The Bertz CT molecular complexity index is 410. The number of amides is 1. The fourth-order valence-electron chi connectivity index (χ4n) is 1.94. The first-order chi connectivity index (χ1) is 9.67. The minimum absolute atomic E-state index is 0.0534. The molecule has 0 bridgehead atoms. The third-order valence-electron chi connectivity index (χ3n) is 3.13. The Morgan fingerprint density at radius 2 is 2.05 bits per heavy atom. The SMILES string of the molecule is CCCCN(CCO)CCC(=O)Nc1ccccc1N. The molecule has 0 atom stereocenters. The Labute approximate surface area is 120 Å². The van der Waals surface area contributed by atoms with Crippen LogP contribution >= 0.6 is 0 Å². The molecule has 1 aromatic rings. The van der Waals surface area contributed by atoms with Gasteiger partial charge in [-0.05, 0) is 25.1 Å². The summed E-state index contributed by atoms with van der Waals surface area (Å²) in [6.07, 6.45) is 2.58. The van der Waals surface area contributed by atoms with Crippen LogP contribution in [-0.2, 0) is 4.79 Å². The maximum Gasteiger partial charge on any atom is 0.225 e. The van der Waals surface area contributed by atoms with Gasteiger partial charge in [0.2, 0.25) is 5.91 Å². The molecule has 0 aliphatic rings. The maximum atomic E-state index is 11.9. The quantitative estimate of drug-likeness (QED) is 0.601. The van der Waals surface area contributed by atoms with Crippen molar-refractivity contribution >= 4 is 17.3 Å². The third kappa shape index (κ3) is 6.04. The van der Waals surface area contributed by atoms with E-state index < -0.39 is 0 Å². The number of carbonyl (C=O) groups is 1. The van der Waals surface area contributed by atoms with Crippen molar-refractivity contribution in [2.24, 2.45) is 0 Å². The lowest BCUT2D eigenvalue weighted by molar-refractivity contribution is -0.116. The van der Waals surface area contributed by atoms with E-state index in [9.17, 15) is 4.79 Å². The van der Waals surface area contributed by atoms with E-state index in [2.05, 4.69) is 17.1 Å². The first-order valence-corrected chi connectivity index (χ1v) is 7.15.